The van der Waals surface area contributed by atoms with E-state index in [1.807, 2.05) is 0 Å². The summed E-state index contributed by atoms with van der Waals surface area (Å²) in [6, 6.07) is 3.34. The highest BCUT2D eigenvalue weighted by Gasteiger charge is 2.19. The lowest BCUT2D eigenvalue weighted by molar-refractivity contribution is 0.498. The van der Waals surface area contributed by atoms with Crippen molar-refractivity contribution >= 4 is 26.5 Å². The van der Waals surface area contributed by atoms with Crippen LogP contribution in [0, 0.1) is 0 Å². The van der Waals surface area contributed by atoms with Crippen LogP contribution in [0.1, 0.15) is 5.76 Å². The average Bonchev–Trinajstić information content (AvgIpc) is 2.85. The lowest BCUT2D eigenvalue weighted by Gasteiger charge is -2.00. The summed E-state index contributed by atoms with van der Waals surface area (Å²) in [4.78, 5) is 0. The van der Waals surface area contributed by atoms with E-state index in [4.69, 9.17) is 10.2 Å². The number of nitrogens with one attached hydrogen (secondary N) is 1. The number of rotatable bonds is 4. The van der Waals surface area contributed by atoms with Crippen molar-refractivity contribution < 1.29 is 12.8 Å². The number of nitrogens with two attached hydrogens (primary N) is 1. The van der Waals surface area contributed by atoms with Crippen molar-refractivity contribution in [3.05, 3.63) is 24.2 Å². The topological polar surface area (TPSA) is 111 Å². The van der Waals surface area contributed by atoms with Gasteiger partial charge in [-0.3, -0.25) is 0 Å². The van der Waals surface area contributed by atoms with Crippen molar-refractivity contribution in [1.82, 2.24) is 14.9 Å². The van der Waals surface area contributed by atoms with Crippen molar-refractivity contribution in [3.8, 4) is 0 Å². The first-order valence-electron chi connectivity index (χ1n) is 4.19. The quantitative estimate of drug-likeness (QED) is 0.811. The molecule has 0 aliphatic heterocycles. The van der Waals surface area contributed by atoms with Crippen LogP contribution in [0.25, 0.3) is 0 Å². The van der Waals surface area contributed by atoms with E-state index in [1.54, 1.807) is 12.1 Å². The Morgan fingerprint density at radius 2 is 2.31 bits per heavy atom. The molecule has 0 fully saturated rings. The van der Waals surface area contributed by atoms with Gasteiger partial charge in [0.05, 0.1) is 12.8 Å². The van der Waals surface area contributed by atoms with Crippen LogP contribution in [0.2, 0.25) is 0 Å². The van der Waals surface area contributed by atoms with Gasteiger partial charge in [0, 0.05) is 0 Å². The van der Waals surface area contributed by atoms with Crippen LogP contribution >= 0.6 is 11.3 Å². The Labute approximate surface area is 95.3 Å². The molecule has 0 amide bonds. The van der Waals surface area contributed by atoms with Crippen molar-refractivity contribution in [2.45, 2.75) is 10.9 Å². The summed E-state index contributed by atoms with van der Waals surface area (Å²) in [5.41, 5.74) is 5.30. The zero-order chi connectivity index (χ0) is 11.6. The van der Waals surface area contributed by atoms with Gasteiger partial charge in [0.2, 0.25) is 9.47 Å². The SMILES string of the molecule is Nc1nnc(S(=O)(=O)NCc2ccco2)s1. The van der Waals surface area contributed by atoms with Gasteiger partial charge in [0.15, 0.2) is 0 Å². The summed E-state index contributed by atoms with van der Waals surface area (Å²) < 4.78 is 30.4. The molecule has 3 N–H and O–H groups in total. The molecule has 2 rings (SSSR count). The molecule has 0 bridgehead atoms. The van der Waals surface area contributed by atoms with Crippen LogP contribution in [0.5, 0.6) is 0 Å². The van der Waals surface area contributed by atoms with Gasteiger partial charge >= 0.3 is 0 Å². The largest absolute Gasteiger partial charge is 0.468 e. The van der Waals surface area contributed by atoms with E-state index in [2.05, 4.69) is 14.9 Å². The zero-order valence-corrected chi connectivity index (χ0v) is 9.59. The van der Waals surface area contributed by atoms with Crippen molar-refractivity contribution in [3.63, 3.8) is 0 Å². The summed E-state index contributed by atoms with van der Waals surface area (Å²) in [6.07, 6.45) is 1.46. The number of hydrogen-bond donors (Lipinski definition) is 2. The van der Waals surface area contributed by atoms with E-state index in [0.29, 0.717) is 5.76 Å². The van der Waals surface area contributed by atoms with E-state index in [0.717, 1.165) is 11.3 Å². The molecule has 0 aliphatic rings. The highest BCUT2D eigenvalue weighted by Crippen LogP contribution is 2.16. The van der Waals surface area contributed by atoms with Crippen LogP contribution in [0.4, 0.5) is 5.13 Å². The molecule has 0 radical (unpaired) electrons. The average molecular weight is 260 g/mol. The Morgan fingerprint density at radius 3 is 2.88 bits per heavy atom. The first-order chi connectivity index (χ1) is 7.58. The molecule has 0 unspecified atom stereocenters. The summed E-state index contributed by atoms with van der Waals surface area (Å²) in [5.74, 6) is 0.515. The summed E-state index contributed by atoms with van der Waals surface area (Å²) in [5, 5.41) is 6.99. The lowest BCUT2D eigenvalue weighted by atomic mass is 10.5. The Bertz CT molecular complexity index is 560. The molecule has 7 nitrogen and oxygen atoms in total. The highest BCUT2D eigenvalue weighted by atomic mass is 32.2. The fourth-order valence-corrected chi connectivity index (χ4v) is 2.79. The minimum atomic E-state index is -3.66. The molecule has 0 atom stereocenters. The summed E-state index contributed by atoms with van der Waals surface area (Å²) in [6.45, 7) is 0.0643. The van der Waals surface area contributed by atoms with Crippen molar-refractivity contribution in [2.75, 3.05) is 5.73 Å². The number of furan rings is 1. The molecule has 0 saturated carbocycles. The normalized spacial score (nSPS) is 11.8. The maximum atomic E-state index is 11.6. The maximum absolute atomic E-state index is 11.6. The fraction of sp³-hybridized carbons (Fsp3) is 0.143. The molecule has 86 valence electrons. The van der Waals surface area contributed by atoms with Gasteiger partial charge in [-0.25, -0.2) is 13.1 Å². The van der Waals surface area contributed by atoms with E-state index in [9.17, 15) is 8.42 Å². The number of nitrogen functional groups attached to an aromatic ring is 1. The van der Waals surface area contributed by atoms with Crippen molar-refractivity contribution in [1.29, 1.82) is 0 Å². The number of anilines is 1. The van der Waals surface area contributed by atoms with Gasteiger partial charge in [-0.05, 0) is 12.1 Å². The molecule has 0 aliphatic carbocycles. The van der Waals surface area contributed by atoms with Gasteiger partial charge < -0.3 is 10.2 Å². The van der Waals surface area contributed by atoms with Crippen LogP contribution in [-0.2, 0) is 16.6 Å². The smallest absolute Gasteiger partial charge is 0.270 e. The molecule has 0 aromatic carbocycles. The standard InChI is InChI=1S/C7H8N4O3S2/c8-6-10-11-7(15-6)16(12,13)9-4-5-2-1-3-14-5/h1-3,9H,4H2,(H2,8,10). The second-order valence-electron chi connectivity index (χ2n) is 2.81. The number of hydrogen-bond acceptors (Lipinski definition) is 7. The second kappa shape index (κ2) is 4.20. The first kappa shape index (κ1) is 11.0. The molecule has 2 aromatic heterocycles. The fourth-order valence-electron chi connectivity index (χ4n) is 0.970. The highest BCUT2D eigenvalue weighted by molar-refractivity contribution is 7.91. The molecule has 9 heteroatoms. The predicted octanol–water partition coefficient (Wildman–Crippen LogP) is 0.192. The Hall–Kier alpha value is -1.45. The zero-order valence-electron chi connectivity index (χ0n) is 7.95. The van der Waals surface area contributed by atoms with Gasteiger partial charge in [-0.2, -0.15) is 0 Å². The number of aromatic nitrogens is 2. The minimum absolute atomic E-state index is 0.0643. The van der Waals surface area contributed by atoms with E-state index >= 15 is 0 Å². The number of nitrogens with zero attached hydrogens (tertiary/aromatic N) is 2. The van der Waals surface area contributed by atoms with E-state index in [1.165, 1.54) is 6.26 Å². The molecular formula is C7H8N4O3S2. The predicted molar refractivity (Wildman–Crippen MR) is 57.1 cm³/mol. The van der Waals surface area contributed by atoms with E-state index in [-0.39, 0.29) is 16.0 Å². The molecule has 16 heavy (non-hydrogen) atoms. The maximum Gasteiger partial charge on any atom is 0.270 e. The van der Waals surface area contributed by atoms with Crippen LogP contribution in [-0.4, -0.2) is 18.6 Å². The Morgan fingerprint density at radius 1 is 1.50 bits per heavy atom. The van der Waals surface area contributed by atoms with Gasteiger partial charge in [0.1, 0.15) is 5.76 Å². The lowest BCUT2D eigenvalue weighted by Crippen LogP contribution is -2.22. The van der Waals surface area contributed by atoms with Crippen LogP contribution in [0.15, 0.2) is 27.2 Å². The van der Waals surface area contributed by atoms with Crippen LogP contribution in [0.3, 0.4) is 0 Å². The number of sulfonamides is 1. The van der Waals surface area contributed by atoms with Crippen LogP contribution < -0.4 is 10.5 Å². The van der Waals surface area contributed by atoms with Gasteiger partial charge in [-0.15, -0.1) is 10.2 Å². The summed E-state index contributed by atoms with van der Waals surface area (Å²) in [7, 11) is -3.66. The molecule has 2 aromatic rings. The third-order valence-electron chi connectivity index (χ3n) is 1.67. The third-order valence-corrected chi connectivity index (χ3v) is 4.19. The molecule has 0 saturated heterocycles. The molecule has 2 heterocycles. The van der Waals surface area contributed by atoms with Gasteiger partial charge in [-0.1, -0.05) is 11.3 Å². The third kappa shape index (κ3) is 2.38. The monoisotopic (exact) mass is 260 g/mol. The second-order valence-corrected chi connectivity index (χ2v) is 5.76. The van der Waals surface area contributed by atoms with Crippen molar-refractivity contribution in [2.24, 2.45) is 0 Å². The van der Waals surface area contributed by atoms with Gasteiger partial charge in [0.25, 0.3) is 10.0 Å². The molecular weight excluding hydrogens is 252 g/mol. The first-order valence-corrected chi connectivity index (χ1v) is 6.49. The van der Waals surface area contributed by atoms with E-state index < -0.39 is 10.0 Å². The summed E-state index contributed by atoms with van der Waals surface area (Å²) >= 11 is 0.806. The molecule has 0 spiro atoms. The Balaban J connectivity index is 2.09. The minimum Gasteiger partial charge on any atom is -0.468 e. The Kier molecular flexibility index (Phi) is 2.90.